The van der Waals surface area contributed by atoms with Gasteiger partial charge in [0.25, 0.3) is 5.69 Å². The van der Waals surface area contributed by atoms with Crippen molar-refractivity contribution in [3.63, 3.8) is 0 Å². The summed E-state index contributed by atoms with van der Waals surface area (Å²) >= 11 is 1.52. The number of rotatable bonds is 5. The monoisotopic (exact) mass is 343 g/mol. The van der Waals surface area contributed by atoms with Crippen molar-refractivity contribution in [2.45, 2.75) is 38.2 Å². The fourth-order valence-electron chi connectivity index (χ4n) is 2.63. The van der Waals surface area contributed by atoms with E-state index in [1.165, 1.54) is 23.9 Å². The maximum absolute atomic E-state index is 10.9. The van der Waals surface area contributed by atoms with Crippen LogP contribution < -0.4 is 0 Å². The zero-order valence-corrected chi connectivity index (χ0v) is 14.5. The number of hydrogen-bond acceptors (Lipinski definition) is 6. The van der Waals surface area contributed by atoms with E-state index in [2.05, 4.69) is 19.5 Å². The largest absolute Gasteiger partial charge is 0.328 e. The molecule has 0 saturated heterocycles. The molecule has 1 aromatic carbocycles. The number of nitro groups is 1. The molecule has 0 N–H and O–H groups in total. The van der Waals surface area contributed by atoms with E-state index in [0.717, 1.165) is 29.3 Å². The van der Waals surface area contributed by atoms with Crippen molar-refractivity contribution in [2.24, 2.45) is 0 Å². The molecule has 24 heavy (non-hydrogen) atoms. The maximum atomic E-state index is 10.9. The predicted molar refractivity (Wildman–Crippen MR) is 93.1 cm³/mol. The van der Waals surface area contributed by atoms with E-state index < -0.39 is 4.92 Å². The smallest absolute Gasteiger partial charge is 0.271 e. The third-order valence-corrected chi connectivity index (χ3v) is 4.47. The Morgan fingerprint density at radius 1 is 1.17 bits per heavy atom. The van der Waals surface area contributed by atoms with E-state index in [1.807, 2.05) is 26.8 Å². The number of nitro benzene ring substituents is 1. The van der Waals surface area contributed by atoms with Crippen LogP contribution in [0, 0.1) is 24.0 Å². The Balaban J connectivity index is 1.92. The van der Waals surface area contributed by atoms with Gasteiger partial charge in [-0.1, -0.05) is 11.8 Å². The molecule has 0 fully saturated rings. The number of hydrogen-bond donors (Lipinski definition) is 0. The van der Waals surface area contributed by atoms with E-state index in [-0.39, 0.29) is 5.69 Å². The Morgan fingerprint density at radius 3 is 2.50 bits per heavy atom. The summed E-state index contributed by atoms with van der Waals surface area (Å²) in [4.78, 5) is 23.9. The van der Waals surface area contributed by atoms with Gasteiger partial charge in [-0.15, -0.1) is 0 Å². The van der Waals surface area contributed by atoms with Gasteiger partial charge in [-0.25, -0.2) is 15.0 Å². The summed E-state index contributed by atoms with van der Waals surface area (Å²) in [6, 6.07) is 6.72. The van der Waals surface area contributed by atoms with Gasteiger partial charge in [0.2, 0.25) is 0 Å². The van der Waals surface area contributed by atoms with Crippen molar-refractivity contribution in [2.75, 3.05) is 0 Å². The second kappa shape index (κ2) is 6.56. The molecule has 0 saturated carbocycles. The fraction of sp³-hybridized carbons (Fsp3) is 0.312. The Labute approximate surface area is 143 Å². The molecule has 2 heterocycles. The molecule has 124 valence electrons. The molecule has 0 aliphatic rings. The summed E-state index contributed by atoms with van der Waals surface area (Å²) in [5.74, 6) is 1.47. The highest BCUT2D eigenvalue weighted by molar-refractivity contribution is 7.98. The highest BCUT2D eigenvalue weighted by Crippen LogP contribution is 2.25. The number of nitrogens with zero attached hydrogens (tertiary/aromatic N) is 5. The molecule has 0 unspecified atom stereocenters. The van der Waals surface area contributed by atoms with Crippen molar-refractivity contribution in [3.05, 3.63) is 51.6 Å². The zero-order chi connectivity index (χ0) is 17.3. The first-order chi connectivity index (χ1) is 11.5. The lowest BCUT2D eigenvalue weighted by molar-refractivity contribution is -0.384. The molecule has 3 rings (SSSR count). The molecule has 0 spiro atoms. The van der Waals surface area contributed by atoms with Crippen LogP contribution in [0.15, 0.2) is 29.4 Å². The van der Waals surface area contributed by atoms with E-state index in [9.17, 15) is 10.1 Å². The van der Waals surface area contributed by atoms with Gasteiger partial charge in [-0.05, 0) is 32.9 Å². The van der Waals surface area contributed by atoms with Gasteiger partial charge in [-0.2, -0.15) is 0 Å². The van der Waals surface area contributed by atoms with Crippen molar-refractivity contribution >= 4 is 28.5 Å². The molecule has 0 bridgehead atoms. The number of aryl methyl sites for hydroxylation is 3. The second-order valence-electron chi connectivity index (χ2n) is 5.42. The molecule has 0 aliphatic heterocycles. The van der Waals surface area contributed by atoms with Crippen LogP contribution in [-0.4, -0.2) is 24.4 Å². The van der Waals surface area contributed by atoms with Crippen molar-refractivity contribution in [1.82, 2.24) is 19.5 Å². The van der Waals surface area contributed by atoms with Crippen LogP contribution in [0.4, 0.5) is 5.69 Å². The van der Waals surface area contributed by atoms with Gasteiger partial charge in [0, 0.05) is 30.1 Å². The first kappa shape index (κ1) is 16.4. The van der Waals surface area contributed by atoms with Crippen LogP contribution in [-0.2, 0) is 12.3 Å². The Bertz CT molecular complexity index is 902. The summed E-state index contributed by atoms with van der Waals surface area (Å²) in [5, 5.41) is 11.6. The van der Waals surface area contributed by atoms with Crippen LogP contribution in [0.2, 0.25) is 0 Å². The van der Waals surface area contributed by atoms with E-state index >= 15 is 0 Å². The van der Waals surface area contributed by atoms with Crippen molar-refractivity contribution < 1.29 is 4.92 Å². The van der Waals surface area contributed by atoms with E-state index in [4.69, 9.17) is 0 Å². The normalized spacial score (nSPS) is 11.1. The summed E-state index contributed by atoms with van der Waals surface area (Å²) in [5.41, 5.74) is 3.47. The Kier molecular flexibility index (Phi) is 4.48. The highest BCUT2D eigenvalue weighted by Gasteiger charge is 2.14. The highest BCUT2D eigenvalue weighted by atomic mass is 32.2. The predicted octanol–water partition coefficient (Wildman–Crippen LogP) is 3.66. The standard InChI is InChI=1S/C16H17N5O2S/c1-4-20-14-6-5-12(21(22)23)8-13(14)19-15(20)9-24-16-17-10(2)7-11(3)18-16/h5-8H,4,9H2,1-3H3. The lowest BCUT2D eigenvalue weighted by Gasteiger charge is -2.06. The van der Waals surface area contributed by atoms with Gasteiger partial charge in [0.05, 0.1) is 21.7 Å². The Morgan fingerprint density at radius 2 is 1.88 bits per heavy atom. The van der Waals surface area contributed by atoms with Crippen LogP contribution in [0.5, 0.6) is 0 Å². The van der Waals surface area contributed by atoms with Gasteiger partial charge in [0.1, 0.15) is 5.82 Å². The number of fused-ring (bicyclic) bond motifs is 1. The van der Waals surface area contributed by atoms with Crippen LogP contribution in [0.3, 0.4) is 0 Å². The molecule has 0 atom stereocenters. The first-order valence-corrected chi connectivity index (χ1v) is 8.55. The Hall–Kier alpha value is -2.48. The quantitative estimate of drug-likeness (QED) is 0.304. The van der Waals surface area contributed by atoms with E-state index in [0.29, 0.717) is 16.4 Å². The molecule has 8 heteroatoms. The zero-order valence-electron chi connectivity index (χ0n) is 13.7. The van der Waals surface area contributed by atoms with Crippen LogP contribution in [0.25, 0.3) is 11.0 Å². The first-order valence-electron chi connectivity index (χ1n) is 7.56. The minimum absolute atomic E-state index is 0.0556. The average Bonchev–Trinajstić information content (AvgIpc) is 2.88. The van der Waals surface area contributed by atoms with Crippen LogP contribution in [0.1, 0.15) is 24.1 Å². The van der Waals surface area contributed by atoms with E-state index in [1.54, 1.807) is 6.07 Å². The van der Waals surface area contributed by atoms with Crippen molar-refractivity contribution in [1.29, 1.82) is 0 Å². The average molecular weight is 343 g/mol. The molecule has 7 nitrogen and oxygen atoms in total. The third kappa shape index (κ3) is 3.23. The number of non-ortho nitro benzene ring substituents is 1. The molecule has 0 radical (unpaired) electrons. The molecule has 0 amide bonds. The topological polar surface area (TPSA) is 86.7 Å². The number of imidazole rings is 1. The molecular formula is C16H17N5O2S. The summed E-state index contributed by atoms with van der Waals surface area (Å²) < 4.78 is 2.06. The number of benzene rings is 1. The molecule has 3 aromatic rings. The number of aromatic nitrogens is 4. The summed E-state index contributed by atoms with van der Waals surface area (Å²) in [6.07, 6.45) is 0. The third-order valence-electron chi connectivity index (χ3n) is 3.63. The number of thioether (sulfide) groups is 1. The molecule has 2 aromatic heterocycles. The summed E-state index contributed by atoms with van der Waals surface area (Å²) in [7, 11) is 0. The van der Waals surface area contributed by atoms with Gasteiger partial charge in [0.15, 0.2) is 5.16 Å². The van der Waals surface area contributed by atoms with Crippen LogP contribution >= 0.6 is 11.8 Å². The fourth-order valence-corrected chi connectivity index (χ4v) is 3.53. The second-order valence-corrected chi connectivity index (χ2v) is 6.37. The minimum Gasteiger partial charge on any atom is -0.328 e. The SMILES string of the molecule is CCn1c(CSc2nc(C)cc(C)n2)nc2cc([N+](=O)[O-])ccc21. The minimum atomic E-state index is -0.401. The van der Waals surface area contributed by atoms with Gasteiger partial charge >= 0.3 is 0 Å². The lowest BCUT2D eigenvalue weighted by Crippen LogP contribution is -2.01. The van der Waals surface area contributed by atoms with Gasteiger partial charge in [-0.3, -0.25) is 10.1 Å². The maximum Gasteiger partial charge on any atom is 0.271 e. The van der Waals surface area contributed by atoms with Crippen molar-refractivity contribution in [3.8, 4) is 0 Å². The molecule has 0 aliphatic carbocycles. The lowest BCUT2D eigenvalue weighted by atomic mass is 10.3. The van der Waals surface area contributed by atoms with Gasteiger partial charge < -0.3 is 4.57 Å². The molecular weight excluding hydrogens is 326 g/mol. The summed E-state index contributed by atoms with van der Waals surface area (Å²) in [6.45, 7) is 6.67.